The molecule has 1 aromatic heterocycles. The highest BCUT2D eigenvalue weighted by molar-refractivity contribution is 5.65. The normalized spacial score (nSPS) is 16.0. The van der Waals surface area contributed by atoms with Gasteiger partial charge in [0, 0.05) is 18.9 Å². The molecule has 1 aliphatic heterocycles. The van der Waals surface area contributed by atoms with Crippen LogP contribution in [-0.4, -0.2) is 40.3 Å². The second kappa shape index (κ2) is 8.78. The summed E-state index contributed by atoms with van der Waals surface area (Å²) in [5, 5.41) is 9.21. The third-order valence-corrected chi connectivity index (χ3v) is 5.35. The van der Waals surface area contributed by atoms with Crippen molar-refractivity contribution >= 4 is 6.09 Å². The predicted molar refractivity (Wildman–Crippen MR) is 112 cm³/mol. The first kappa shape index (κ1) is 19.0. The molecular formula is C24H24N2O3. The molecule has 0 bridgehead atoms. The maximum absolute atomic E-state index is 11.2. The fraction of sp³-hybridized carbons (Fsp3) is 0.250. The van der Waals surface area contributed by atoms with Gasteiger partial charge in [-0.1, -0.05) is 42.5 Å². The Kier molecular flexibility index (Phi) is 5.75. The van der Waals surface area contributed by atoms with Crippen molar-refractivity contribution in [3.8, 4) is 16.9 Å². The second-order valence-corrected chi connectivity index (χ2v) is 7.34. The molecule has 1 amide bonds. The monoisotopic (exact) mass is 388 g/mol. The van der Waals surface area contributed by atoms with E-state index in [2.05, 4.69) is 47.4 Å². The molecule has 0 aliphatic carbocycles. The molecule has 2 aromatic carbocycles. The first-order chi connectivity index (χ1) is 14.2. The molecule has 148 valence electrons. The van der Waals surface area contributed by atoms with Gasteiger partial charge in [-0.3, -0.25) is 4.98 Å². The quantitative estimate of drug-likeness (QED) is 0.655. The molecular weight excluding hydrogens is 364 g/mol. The first-order valence-electron chi connectivity index (χ1n) is 9.90. The molecule has 1 fully saturated rings. The van der Waals surface area contributed by atoms with Gasteiger partial charge in [-0.2, -0.15) is 0 Å². The molecule has 1 saturated heterocycles. The van der Waals surface area contributed by atoms with Gasteiger partial charge < -0.3 is 14.7 Å². The topological polar surface area (TPSA) is 62.7 Å². The second-order valence-electron chi connectivity index (χ2n) is 7.34. The largest absolute Gasteiger partial charge is 0.491 e. The van der Waals surface area contributed by atoms with Crippen LogP contribution in [0.1, 0.15) is 24.0 Å². The predicted octanol–water partition coefficient (Wildman–Crippen LogP) is 4.86. The van der Waals surface area contributed by atoms with Crippen molar-refractivity contribution in [2.45, 2.75) is 25.3 Å². The Morgan fingerprint density at radius 3 is 2.41 bits per heavy atom. The minimum atomic E-state index is -0.860. The SMILES string of the molecule is O=C(O)N1CCC[C@@H]1COc1ccc(Cc2ccc(-c3cccnc3)cc2)cc1. The molecule has 0 unspecified atom stereocenters. The summed E-state index contributed by atoms with van der Waals surface area (Å²) >= 11 is 0. The molecule has 29 heavy (non-hydrogen) atoms. The molecule has 3 aromatic rings. The van der Waals surface area contributed by atoms with E-state index in [0.717, 1.165) is 36.1 Å². The van der Waals surface area contributed by atoms with E-state index in [1.54, 1.807) is 6.20 Å². The minimum Gasteiger partial charge on any atom is -0.491 e. The Bertz CT molecular complexity index is 940. The summed E-state index contributed by atoms with van der Waals surface area (Å²) in [5.74, 6) is 0.776. The van der Waals surface area contributed by atoms with Crippen LogP contribution in [-0.2, 0) is 6.42 Å². The number of benzene rings is 2. The highest BCUT2D eigenvalue weighted by Crippen LogP contribution is 2.22. The number of pyridine rings is 1. The molecule has 1 aliphatic rings. The Morgan fingerprint density at radius 2 is 1.76 bits per heavy atom. The van der Waals surface area contributed by atoms with Crippen molar-refractivity contribution in [1.29, 1.82) is 0 Å². The zero-order chi connectivity index (χ0) is 20.1. The Hall–Kier alpha value is -3.34. The number of hydrogen-bond donors (Lipinski definition) is 1. The smallest absolute Gasteiger partial charge is 0.407 e. The van der Waals surface area contributed by atoms with Crippen LogP contribution in [0.3, 0.4) is 0 Å². The molecule has 0 spiro atoms. The molecule has 5 heteroatoms. The standard InChI is InChI=1S/C24H24N2O3/c27-24(28)26-14-2-4-22(26)17-29-23-11-7-19(8-12-23)15-18-5-9-20(10-6-18)21-3-1-13-25-16-21/h1,3,5-13,16,22H,2,4,14-15,17H2,(H,27,28)/t22-/m1/s1. The van der Waals surface area contributed by atoms with E-state index in [1.807, 2.05) is 24.4 Å². The highest BCUT2D eigenvalue weighted by Gasteiger charge is 2.28. The van der Waals surface area contributed by atoms with Crippen LogP contribution in [0.5, 0.6) is 5.75 Å². The van der Waals surface area contributed by atoms with Crippen LogP contribution in [0.15, 0.2) is 73.1 Å². The number of amides is 1. The summed E-state index contributed by atoms with van der Waals surface area (Å²) < 4.78 is 5.83. The third kappa shape index (κ3) is 4.74. The summed E-state index contributed by atoms with van der Waals surface area (Å²) in [5.41, 5.74) is 4.73. The van der Waals surface area contributed by atoms with Crippen LogP contribution in [0.4, 0.5) is 4.79 Å². The van der Waals surface area contributed by atoms with Gasteiger partial charge in [-0.05, 0) is 59.7 Å². The molecule has 0 radical (unpaired) electrons. The van der Waals surface area contributed by atoms with Crippen molar-refractivity contribution < 1.29 is 14.6 Å². The number of carbonyl (C=O) groups is 1. The van der Waals surface area contributed by atoms with Gasteiger partial charge in [0.15, 0.2) is 0 Å². The number of carboxylic acid groups (broad SMARTS) is 1. The number of hydrogen-bond acceptors (Lipinski definition) is 3. The lowest BCUT2D eigenvalue weighted by atomic mass is 10.0. The maximum Gasteiger partial charge on any atom is 0.407 e. The molecule has 2 heterocycles. The van der Waals surface area contributed by atoms with E-state index in [-0.39, 0.29) is 6.04 Å². The zero-order valence-corrected chi connectivity index (χ0v) is 16.2. The van der Waals surface area contributed by atoms with E-state index in [4.69, 9.17) is 4.74 Å². The Balaban J connectivity index is 1.33. The minimum absolute atomic E-state index is 0.0505. The third-order valence-electron chi connectivity index (χ3n) is 5.35. The number of aromatic nitrogens is 1. The lowest BCUT2D eigenvalue weighted by molar-refractivity contribution is 0.123. The van der Waals surface area contributed by atoms with Crippen LogP contribution < -0.4 is 4.74 Å². The fourth-order valence-corrected chi connectivity index (χ4v) is 3.74. The molecule has 4 rings (SSSR count). The van der Waals surface area contributed by atoms with Gasteiger partial charge in [0.25, 0.3) is 0 Å². The average molecular weight is 388 g/mol. The van der Waals surface area contributed by atoms with Crippen molar-refractivity contribution in [1.82, 2.24) is 9.88 Å². The summed E-state index contributed by atoms with van der Waals surface area (Å²) in [6.07, 6.45) is 5.40. The van der Waals surface area contributed by atoms with E-state index in [0.29, 0.717) is 13.2 Å². The number of likely N-dealkylation sites (tertiary alicyclic amines) is 1. The van der Waals surface area contributed by atoms with Gasteiger partial charge in [0.05, 0.1) is 6.04 Å². The first-order valence-corrected chi connectivity index (χ1v) is 9.90. The van der Waals surface area contributed by atoms with E-state index in [1.165, 1.54) is 16.0 Å². The van der Waals surface area contributed by atoms with Crippen LogP contribution in [0, 0.1) is 0 Å². The zero-order valence-electron chi connectivity index (χ0n) is 16.2. The Morgan fingerprint density at radius 1 is 1.03 bits per heavy atom. The lowest BCUT2D eigenvalue weighted by Gasteiger charge is -2.21. The summed E-state index contributed by atoms with van der Waals surface area (Å²) in [6, 6.07) is 20.5. The van der Waals surface area contributed by atoms with Gasteiger partial charge in [-0.15, -0.1) is 0 Å². The fourth-order valence-electron chi connectivity index (χ4n) is 3.74. The molecule has 1 N–H and O–H groups in total. The van der Waals surface area contributed by atoms with Gasteiger partial charge in [-0.25, -0.2) is 4.79 Å². The van der Waals surface area contributed by atoms with E-state index < -0.39 is 6.09 Å². The van der Waals surface area contributed by atoms with E-state index in [9.17, 15) is 9.90 Å². The number of ether oxygens (including phenoxy) is 1. The molecule has 1 atom stereocenters. The van der Waals surface area contributed by atoms with Crippen molar-refractivity contribution in [3.63, 3.8) is 0 Å². The number of nitrogens with zero attached hydrogens (tertiary/aromatic N) is 2. The molecule has 5 nitrogen and oxygen atoms in total. The van der Waals surface area contributed by atoms with Gasteiger partial charge in [0.2, 0.25) is 0 Å². The van der Waals surface area contributed by atoms with Gasteiger partial charge >= 0.3 is 6.09 Å². The van der Waals surface area contributed by atoms with Gasteiger partial charge in [0.1, 0.15) is 12.4 Å². The number of rotatable bonds is 6. The van der Waals surface area contributed by atoms with E-state index >= 15 is 0 Å². The van der Waals surface area contributed by atoms with Crippen molar-refractivity contribution in [2.75, 3.05) is 13.2 Å². The average Bonchev–Trinajstić information content (AvgIpc) is 3.24. The Labute approximate surface area is 170 Å². The van der Waals surface area contributed by atoms with Crippen LogP contribution in [0.25, 0.3) is 11.1 Å². The van der Waals surface area contributed by atoms with Crippen LogP contribution >= 0.6 is 0 Å². The summed E-state index contributed by atoms with van der Waals surface area (Å²) in [6.45, 7) is 1.00. The summed E-state index contributed by atoms with van der Waals surface area (Å²) in [4.78, 5) is 16.9. The van der Waals surface area contributed by atoms with Crippen LogP contribution in [0.2, 0.25) is 0 Å². The maximum atomic E-state index is 11.2. The van der Waals surface area contributed by atoms with Crippen molar-refractivity contribution in [2.24, 2.45) is 0 Å². The lowest BCUT2D eigenvalue weighted by Crippen LogP contribution is -2.37. The van der Waals surface area contributed by atoms with Crippen molar-refractivity contribution in [3.05, 3.63) is 84.2 Å². The molecule has 0 saturated carbocycles. The highest BCUT2D eigenvalue weighted by atomic mass is 16.5. The summed E-state index contributed by atoms with van der Waals surface area (Å²) in [7, 11) is 0.